The third-order valence-corrected chi connectivity index (χ3v) is 3.82. The summed E-state index contributed by atoms with van der Waals surface area (Å²) >= 11 is 0. The SMILES string of the molecule is COc1ccc([C@H](N)[C@H](O)C2CCCC2)c(F)c1.Cl. The molecule has 3 nitrogen and oxygen atoms in total. The Balaban J connectivity index is 0.00000180. The maximum Gasteiger partial charge on any atom is 0.131 e. The van der Waals surface area contributed by atoms with Gasteiger partial charge in [-0.25, -0.2) is 4.39 Å². The molecule has 19 heavy (non-hydrogen) atoms. The van der Waals surface area contributed by atoms with Crippen LogP contribution in [-0.2, 0) is 0 Å². The zero-order valence-corrected chi connectivity index (χ0v) is 11.8. The topological polar surface area (TPSA) is 55.5 Å². The van der Waals surface area contributed by atoms with Crippen LogP contribution < -0.4 is 10.5 Å². The van der Waals surface area contributed by atoms with Gasteiger partial charge in [-0.3, -0.25) is 0 Å². The average molecular weight is 290 g/mol. The summed E-state index contributed by atoms with van der Waals surface area (Å²) in [6, 6.07) is 3.90. The van der Waals surface area contributed by atoms with Gasteiger partial charge < -0.3 is 15.6 Å². The number of methoxy groups -OCH3 is 1. The number of benzene rings is 1. The van der Waals surface area contributed by atoms with Gasteiger partial charge in [-0.1, -0.05) is 18.9 Å². The molecule has 2 atom stereocenters. The van der Waals surface area contributed by atoms with Gasteiger partial charge in [0.25, 0.3) is 0 Å². The fraction of sp³-hybridized carbons (Fsp3) is 0.571. The first kappa shape index (κ1) is 16.2. The van der Waals surface area contributed by atoms with E-state index in [2.05, 4.69) is 0 Å². The predicted octanol–water partition coefficient (Wildman–Crippen LogP) is 2.81. The molecular weight excluding hydrogens is 269 g/mol. The lowest BCUT2D eigenvalue weighted by Crippen LogP contribution is -2.32. The highest BCUT2D eigenvalue weighted by atomic mass is 35.5. The molecule has 3 N–H and O–H groups in total. The molecule has 1 aromatic rings. The van der Waals surface area contributed by atoms with E-state index in [0.717, 1.165) is 25.7 Å². The Hall–Kier alpha value is -0.840. The summed E-state index contributed by atoms with van der Waals surface area (Å²) in [5, 5.41) is 10.2. The van der Waals surface area contributed by atoms with Crippen molar-refractivity contribution in [2.45, 2.75) is 37.8 Å². The molecule has 0 unspecified atom stereocenters. The van der Waals surface area contributed by atoms with Gasteiger partial charge in [0.05, 0.1) is 19.3 Å². The van der Waals surface area contributed by atoms with Crippen LogP contribution in [0.1, 0.15) is 37.3 Å². The quantitative estimate of drug-likeness (QED) is 0.896. The van der Waals surface area contributed by atoms with Gasteiger partial charge >= 0.3 is 0 Å². The van der Waals surface area contributed by atoms with Gasteiger partial charge in [0.15, 0.2) is 0 Å². The van der Waals surface area contributed by atoms with E-state index in [-0.39, 0.29) is 18.3 Å². The standard InChI is InChI=1S/C14H20FNO2.ClH/c1-18-10-6-7-11(12(15)8-10)13(16)14(17)9-4-2-3-5-9;/h6-9,13-14,17H,2-5,16H2,1H3;1H/t13-,14+;/m0./s1. The lowest BCUT2D eigenvalue weighted by Gasteiger charge is -2.25. The van der Waals surface area contributed by atoms with Crippen LogP contribution in [0.5, 0.6) is 5.75 Å². The molecule has 1 aromatic carbocycles. The van der Waals surface area contributed by atoms with E-state index in [9.17, 15) is 9.50 Å². The van der Waals surface area contributed by atoms with Crippen LogP contribution in [0.15, 0.2) is 18.2 Å². The predicted molar refractivity (Wildman–Crippen MR) is 75.1 cm³/mol. The van der Waals surface area contributed by atoms with Crippen molar-refractivity contribution < 1.29 is 14.2 Å². The maximum absolute atomic E-state index is 13.9. The van der Waals surface area contributed by atoms with E-state index < -0.39 is 18.0 Å². The average Bonchev–Trinajstić information content (AvgIpc) is 2.90. The summed E-state index contributed by atoms with van der Waals surface area (Å²) in [5.41, 5.74) is 6.34. The highest BCUT2D eigenvalue weighted by Gasteiger charge is 2.30. The first-order valence-corrected chi connectivity index (χ1v) is 6.40. The maximum atomic E-state index is 13.9. The van der Waals surface area contributed by atoms with Crippen molar-refractivity contribution in [2.24, 2.45) is 11.7 Å². The summed E-state index contributed by atoms with van der Waals surface area (Å²) in [6.07, 6.45) is 3.54. The fourth-order valence-corrected chi connectivity index (χ4v) is 2.68. The molecule has 108 valence electrons. The molecule has 0 heterocycles. The van der Waals surface area contributed by atoms with Crippen LogP contribution in [0, 0.1) is 11.7 Å². The lowest BCUT2D eigenvalue weighted by atomic mass is 9.90. The molecule has 0 aliphatic heterocycles. The van der Waals surface area contributed by atoms with Gasteiger partial charge in [-0.05, 0) is 24.8 Å². The van der Waals surface area contributed by atoms with Crippen LogP contribution in [-0.4, -0.2) is 18.3 Å². The van der Waals surface area contributed by atoms with Crippen LogP contribution in [0.2, 0.25) is 0 Å². The van der Waals surface area contributed by atoms with Gasteiger partial charge in [0.1, 0.15) is 11.6 Å². The van der Waals surface area contributed by atoms with E-state index >= 15 is 0 Å². The Bertz CT molecular complexity index is 410. The molecule has 0 amide bonds. The highest BCUT2D eigenvalue weighted by molar-refractivity contribution is 5.85. The van der Waals surface area contributed by atoms with Gasteiger partial charge in [0.2, 0.25) is 0 Å². The zero-order valence-electron chi connectivity index (χ0n) is 11.0. The summed E-state index contributed by atoms with van der Waals surface area (Å²) in [7, 11) is 1.49. The van der Waals surface area contributed by atoms with Gasteiger partial charge in [0, 0.05) is 11.6 Å². The number of nitrogens with two attached hydrogens (primary N) is 1. The van der Waals surface area contributed by atoms with Crippen molar-refractivity contribution in [3.05, 3.63) is 29.6 Å². The Morgan fingerprint density at radius 1 is 1.37 bits per heavy atom. The van der Waals surface area contributed by atoms with Crippen molar-refractivity contribution in [1.82, 2.24) is 0 Å². The number of aliphatic hydroxyl groups is 1. The van der Waals surface area contributed by atoms with E-state index in [4.69, 9.17) is 10.5 Å². The molecule has 1 saturated carbocycles. The van der Waals surface area contributed by atoms with E-state index in [0.29, 0.717) is 11.3 Å². The number of aliphatic hydroxyl groups excluding tert-OH is 1. The van der Waals surface area contributed by atoms with E-state index in [1.54, 1.807) is 12.1 Å². The fourth-order valence-electron chi connectivity index (χ4n) is 2.68. The third-order valence-electron chi connectivity index (χ3n) is 3.82. The molecule has 0 spiro atoms. The Morgan fingerprint density at radius 2 is 2.00 bits per heavy atom. The molecule has 1 aliphatic rings. The molecule has 0 bridgehead atoms. The normalized spacial score (nSPS) is 18.7. The largest absolute Gasteiger partial charge is 0.497 e. The van der Waals surface area contributed by atoms with Gasteiger partial charge in [-0.2, -0.15) is 0 Å². The number of hydrogen-bond acceptors (Lipinski definition) is 3. The second kappa shape index (κ2) is 7.08. The van der Waals surface area contributed by atoms with Crippen molar-refractivity contribution in [2.75, 3.05) is 7.11 Å². The van der Waals surface area contributed by atoms with Crippen molar-refractivity contribution in [3.8, 4) is 5.75 Å². The van der Waals surface area contributed by atoms with Crippen molar-refractivity contribution >= 4 is 12.4 Å². The summed E-state index contributed by atoms with van der Waals surface area (Å²) in [6.45, 7) is 0. The minimum atomic E-state index is -0.671. The van der Waals surface area contributed by atoms with E-state index in [1.165, 1.54) is 13.2 Å². The second-order valence-electron chi connectivity index (χ2n) is 4.95. The Kier molecular flexibility index (Phi) is 6.04. The van der Waals surface area contributed by atoms with Crippen LogP contribution in [0.4, 0.5) is 4.39 Å². The first-order valence-electron chi connectivity index (χ1n) is 6.40. The minimum absolute atomic E-state index is 0. The van der Waals surface area contributed by atoms with Gasteiger partial charge in [-0.15, -0.1) is 12.4 Å². The first-order chi connectivity index (χ1) is 8.63. The summed E-state index contributed by atoms with van der Waals surface area (Å²) in [4.78, 5) is 0. The monoisotopic (exact) mass is 289 g/mol. The Morgan fingerprint density at radius 3 is 2.53 bits per heavy atom. The van der Waals surface area contributed by atoms with Crippen molar-refractivity contribution in [3.63, 3.8) is 0 Å². The van der Waals surface area contributed by atoms with E-state index in [1.807, 2.05) is 0 Å². The molecule has 0 aromatic heterocycles. The lowest BCUT2D eigenvalue weighted by molar-refractivity contribution is 0.0832. The molecule has 1 fully saturated rings. The Labute approximate surface area is 119 Å². The summed E-state index contributed by atoms with van der Waals surface area (Å²) < 4.78 is 18.8. The molecule has 5 heteroatoms. The van der Waals surface area contributed by atoms with Crippen molar-refractivity contribution in [1.29, 1.82) is 0 Å². The molecule has 2 rings (SSSR count). The number of rotatable bonds is 4. The number of ether oxygens (including phenoxy) is 1. The van der Waals surface area contributed by atoms with Crippen LogP contribution in [0.25, 0.3) is 0 Å². The van der Waals surface area contributed by atoms with Crippen LogP contribution >= 0.6 is 12.4 Å². The zero-order chi connectivity index (χ0) is 13.1. The minimum Gasteiger partial charge on any atom is -0.497 e. The summed E-state index contributed by atoms with van der Waals surface area (Å²) in [5.74, 6) is 0.235. The van der Waals surface area contributed by atoms with Crippen LogP contribution in [0.3, 0.4) is 0 Å². The smallest absolute Gasteiger partial charge is 0.131 e. The number of hydrogen-bond donors (Lipinski definition) is 2. The molecule has 1 aliphatic carbocycles. The number of halogens is 2. The second-order valence-corrected chi connectivity index (χ2v) is 4.95. The molecule has 0 radical (unpaired) electrons. The molecule has 0 saturated heterocycles. The highest BCUT2D eigenvalue weighted by Crippen LogP contribution is 2.33. The molecular formula is C14H21ClFNO2. The third kappa shape index (κ3) is 3.59.